The molecule has 0 fully saturated rings. The van der Waals surface area contributed by atoms with Crippen LogP contribution < -0.4 is 0 Å². The summed E-state index contributed by atoms with van der Waals surface area (Å²) in [7, 11) is 1.92. The second kappa shape index (κ2) is 7.29. The summed E-state index contributed by atoms with van der Waals surface area (Å²) in [6, 6.07) is 13.0. The summed E-state index contributed by atoms with van der Waals surface area (Å²) in [5.41, 5.74) is 1.91. The third-order valence-electron chi connectivity index (χ3n) is 4.02. The lowest BCUT2D eigenvalue weighted by Gasteiger charge is -2.15. The molecular weight excluding hydrogens is 343 g/mol. The van der Waals surface area contributed by atoms with E-state index in [0.29, 0.717) is 19.0 Å². The molecule has 0 bridgehead atoms. The smallest absolute Gasteiger partial charge is 0.338 e. The number of hydrogen-bond donors (Lipinski definition) is 0. The highest BCUT2D eigenvalue weighted by Gasteiger charge is 2.30. The van der Waals surface area contributed by atoms with Crippen molar-refractivity contribution in [2.75, 3.05) is 7.05 Å². The number of aromatic nitrogens is 2. The summed E-state index contributed by atoms with van der Waals surface area (Å²) in [6.45, 7) is 3.15. The van der Waals surface area contributed by atoms with Crippen LogP contribution >= 0.6 is 0 Å². The van der Waals surface area contributed by atoms with E-state index in [0.717, 1.165) is 12.1 Å². The summed E-state index contributed by atoms with van der Waals surface area (Å²) in [5.74, 6) is 0.504. The van der Waals surface area contributed by atoms with E-state index in [1.54, 1.807) is 0 Å². The van der Waals surface area contributed by atoms with Gasteiger partial charge >= 0.3 is 6.18 Å². The molecule has 1 heterocycles. The van der Waals surface area contributed by atoms with Crippen molar-refractivity contribution >= 4 is 0 Å². The summed E-state index contributed by atoms with van der Waals surface area (Å²) in [6.07, 6.45) is -4.41. The van der Waals surface area contributed by atoms with Crippen molar-refractivity contribution in [3.63, 3.8) is 0 Å². The van der Waals surface area contributed by atoms with Gasteiger partial charge < -0.3 is 4.52 Å². The molecule has 0 radical (unpaired) electrons. The maximum Gasteiger partial charge on any atom is 0.416 e. The molecule has 26 heavy (non-hydrogen) atoms. The van der Waals surface area contributed by atoms with Crippen LogP contribution in [0.2, 0.25) is 0 Å². The van der Waals surface area contributed by atoms with Crippen molar-refractivity contribution < 1.29 is 17.7 Å². The summed E-state index contributed by atoms with van der Waals surface area (Å²) < 4.78 is 43.7. The molecule has 0 aliphatic heterocycles. The van der Waals surface area contributed by atoms with Gasteiger partial charge in [0.25, 0.3) is 0 Å². The Kier molecular flexibility index (Phi) is 5.08. The van der Waals surface area contributed by atoms with Gasteiger partial charge in [-0.15, -0.1) is 0 Å². The Morgan fingerprint density at radius 3 is 2.54 bits per heavy atom. The second-order valence-electron chi connectivity index (χ2n) is 6.19. The molecule has 1 aromatic heterocycles. The fourth-order valence-electron chi connectivity index (χ4n) is 2.64. The molecule has 7 heteroatoms. The predicted octanol–water partition coefficient (Wildman–Crippen LogP) is 4.70. The molecule has 0 aliphatic carbocycles. The van der Waals surface area contributed by atoms with Crippen LogP contribution in [0.15, 0.2) is 53.1 Å². The highest BCUT2D eigenvalue weighted by molar-refractivity contribution is 5.55. The zero-order valence-corrected chi connectivity index (χ0v) is 14.4. The van der Waals surface area contributed by atoms with Crippen molar-refractivity contribution in [1.29, 1.82) is 0 Å². The van der Waals surface area contributed by atoms with Crippen molar-refractivity contribution in [2.45, 2.75) is 26.2 Å². The molecule has 2 aromatic carbocycles. The lowest BCUT2D eigenvalue weighted by atomic mass is 10.1. The van der Waals surface area contributed by atoms with Gasteiger partial charge in [0.1, 0.15) is 0 Å². The van der Waals surface area contributed by atoms with Crippen LogP contribution in [0.25, 0.3) is 11.4 Å². The normalized spacial score (nSPS) is 11.9. The maximum atomic E-state index is 12.8. The number of nitrogens with zero attached hydrogens (tertiary/aromatic N) is 3. The summed E-state index contributed by atoms with van der Waals surface area (Å²) in [5, 5.41) is 3.81. The third kappa shape index (κ3) is 4.29. The minimum atomic E-state index is -4.41. The zero-order chi connectivity index (χ0) is 18.7. The lowest BCUT2D eigenvalue weighted by molar-refractivity contribution is -0.137. The van der Waals surface area contributed by atoms with Gasteiger partial charge in [0, 0.05) is 12.1 Å². The summed E-state index contributed by atoms with van der Waals surface area (Å²) >= 11 is 0. The first-order chi connectivity index (χ1) is 12.3. The van der Waals surface area contributed by atoms with Gasteiger partial charge in [-0.05, 0) is 37.2 Å². The average Bonchev–Trinajstić information content (AvgIpc) is 3.05. The van der Waals surface area contributed by atoms with Crippen LogP contribution in [0.3, 0.4) is 0 Å². The minimum absolute atomic E-state index is 0.149. The Balaban J connectivity index is 1.71. The Hall–Kier alpha value is -2.67. The first-order valence-electron chi connectivity index (χ1n) is 8.06. The third-order valence-corrected chi connectivity index (χ3v) is 4.02. The van der Waals surface area contributed by atoms with Crippen LogP contribution in [0.4, 0.5) is 13.2 Å². The standard InChI is InChI=1S/C19H18F3N3O/c1-13-6-3-4-7-15(13)11-25(2)12-17-23-18(24-26-17)14-8-5-9-16(10-14)19(20,21)22/h3-10H,11-12H2,1-2H3. The zero-order valence-electron chi connectivity index (χ0n) is 14.4. The highest BCUT2D eigenvalue weighted by atomic mass is 19.4. The van der Waals surface area contributed by atoms with Crippen LogP contribution in [0, 0.1) is 6.92 Å². The van der Waals surface area contributed by atoms with E-state index in [2.05, 4.69) is 10.1 Å². The van der Waals surface area contributed by atoms with Gasteiger partial charge in [-0.2, -0.15) is 18.2 Å². The average molecular weight is 361 g/mol. The van der Waals surface area contributed by atoms with Crippen LogP contribution in [-0.2, 0) is 19.3 Å². The highest BCUT2D eigenvalue weighted by Crippen LogP contribution is 2.31. The predicted molar refractivity (Wildman–Crippen MR) is 91.1 cm³/mol. The van der Waals surface area contributed by atoms with Crippen molar-refractivity contribution in [3.8, 4) is 11.4 Å². The quantitative estimate of drug-likeness (QED) is 0.661. The number of hydrogen-bond acceptors (Lipinski definition) is 4. The van der Waals surface area contributed by atoms with E-state index in [1.807, 2.05) is 43.1 Å². The number of rotatable bonds is 5. The number of alkyl halides is 3. The number of halogens is 3. The van der Waals surface area contributed by atoms with Gasteiger partial charge in [0.2, 0.25) is 11.7 Å². The van der Waals surface area contributed by atoms with Crippen LogP contribution in [-0.4, -0.2) is 22.1 Å². The van der Waals surface area contributed by atoms with Crippen molar-refractivity contribution in [2.24, 2.45) is 0 Å². The van der Waals surface area contributed by atoms with Gasteiger partial charge in [-0.1, -0.05) is 41.6 Å². The minimum Gasteiger partial charge on any atom is -0.338 e. The maximum absolute atomic E-state index is 12.8. The van der Waals surface area contributed by atoms with Crippen LogP contribution in [0.5, 0.6) is 0 Å². The van der Waals surface area contributed by atoms with E-state index in [9.17, 15) is 13.2 Å². The SMILES string of the molecule is Cc1ccccc1CN(C)Cc1nc(-c2cccc(C(F)(F)F)c2)no1. The van der Waals surface area contributed by atoms with E-state index in [1.165, 1.54) is 23.3 Å². The van der Waals surface area contributed by atoms with Gasteiger partial charge in [-0.3, -0.25) is 4.90 Å². The summed E-state index contributed by atoms with van der Waals surface area (Å²) in [4.78, 5) is 6.23. The van der Waals surface area contributed by atoms with Gasteiger partial charge in [0.05, 0.1) is 12.1 Å². The van der Waals surface area contributed by atoms with Gasteiger partial charge in [0.15, 0.2) is 0 Å². The fraction of sp³-hybridized carbons (Fsp3) is 0.263. The topological polar surface area (TPSA) is 42.2 Å². The molecule has 0 aliphatic rings. The molecule has 0 unspecified atom stereocenters. The van der Waals surface area contributed by atoms with E-state index < -0.39 is 11.7 Å². The lowest BCUT2D eigenvalue weighted by Crippen LogP contribution is -2.18. The van der Waals surface area contributed by atoms with Crippen molar-refractivity contribution in [3.05, 3.63) is 71.1 Å². The van der Waals surface area contributed by atoms with Crippen LogP contribution in [0.1, 0.15) is 22.6 Å². The molecule has 3 aromatic rings. The molecular formula is C19H18F3N3O. The largest absolute Gasteiger partial charge is 0.416 e. The van der Waals surface area contributed by atoms with Crippen molar-refractivity contribution in [1.82, 2.24) is 15.0 Å². The molecule has 0 saturated heterocycles. The molecule has 0 amide bonds. The monoisotopic (exact) mass is 361 g/mol. The van der Waals surface area contributed by atoms with E-state index >= 15 is 0 Å². The Labute approximate surface area is 149 Å². The number of aryl methyl sites for hydroxylation is 1. The first kappa shape index (κ1) is 18.1. The molecule has 0 saturated carbocycles. The molecule has 4 nitrogen and oxygen atoms in total. The molecule has 136 valence electrons. The van der Waals surface area contributed by atoms with Gasteiger partial charge in [-0.25, -0.2) is 0 Å². The molecule has 0 N–H and O–H groups in total. The Morgan fingerprint density at radius 2 is 1.81 bits per heavy atom. The Morgan fingerprint density at radius 1 is 1.04 bits per heavy atom. The molecule has 3 rings (SSSR count). The molecule has 0 atom stereocenters. The molecule has 0 spiro atoms. The fourth-order valence-corrected chi connectivity index (χ4v) is 2.64. The van der Waals surface area contributed by atoms with E-state index in [4.69, 9.17) is 4.52 Å². The van der Waals surface area contributed by atoms with E-state index in [-0.39, 0.29) is 11.4 Å². The second-order valence-corrected chi connectivity index (χ2v) is 6.19. The number of benzene rings is 2. The first-order valence-corrected chi connectivity index (χ1v) is 8.06. The Bertz CT molecular complexity index is 889.